The second kappa shape index (κ2) is 6.73. The van der Waals surface area contributed by atoms with Gasteiger partial charge in [-0.1, -0.05) is 0 Å². The van der Waals surface area contributed by atoms with Gasteiger partial charge >= 0.3 is 0 Å². The van der Waals surface area contributed by atoms with Gasteiger partial charge < -0.3 is 4.90 Å². The lowest BCUT2D eigenvalue weighted by Gasteiger charge is -2.17. The average molecular weight is 383 g/mol. The number of amides is 1. The van der Waals surface area contributed by atoms with E-state index in [0.29, 0.717) is 24.6 Å². The number of aryl methyl sites for hydroxylation is 2. The fourth-order valence-corrected chi connectivity index (χ4v) is 4.28. The third kappa shape index (κ3) is 2.78. The summed E-state index contributed by atoms with van der Waals surface area (Å²) in [7, 11) is 0. The lowest BCUT2D eigenvalue weighted by atomic mass is 10.2. The van der Waals surface area contributed by atoms with Crippen LogP contribution < -0.4 is 0 Å². The molecular formula is C18H21N7OS. The van der Waals surface area contributed by atoms with Crippen LogP contribution in [0.5, 0.6) is 0 Å². The Labute approximate surface area is 160 Å². The zero-order chi connectivity index (χ0) is 19.1. The lowest BCUT2D eigenvalue weighted by Crippen LogP contribution is -2.30. The van der Waals surface area contributed by atoms with Gasteiger partial charge in [0.1, 0.15) is 11.2 Å². The van der Waals surface area contributed by atoms with E-state index in [-0.39, 0.29) is 5.91 Å². The maximum absolute atomic E-state index is 12.9. The summed E-state index contributed by atoms with van der Waals surface area (Å²) in [5, 5.41) is 9.72. The van der Waals surface area contributed by atoms with Crippen LogP contribution in [0.1, 0.15) is 36.0 Å². The first-order valence-corrected chi connectivity index (χ1v) is 9.85. The maximum atomic E-state index is 12.9. The second-order valence-electron chi connectivity index (χ2n) is 6.25. The summed E-state index contributed by atoms with van der Waals surface area (Å²) in [6, 6.07) is 0. The van der Waals surface area contributed by atoms with Crippen LogP contribution in [0.25, 0.3) is 27.3 Å². The first-order valence-electron chi connectivity index (χ1n) is 9.03. The van der Waals surface area contributed by atoms with E-state index in [2.05, 4.69) is 15.2 Å². The number of hydrogen-bond acceptors (Lipinski definition) is 6. The summed E-state index contributed by atoms with van der Waals surface area (Å²) >= 11 is 1.42. The van der Waals surface area contributed by atoms with Gasteiger partial charge in [-0.05, 0) is 33.3 Å². The first kappa shape index (κ1) is 17.6. The van der Waals surface area contributed by atoms with Gasteiger partial charge in [0.05, 0.1) is 22.0 Å². The van der Waals surface area contributed by atoms with Crippen molar-refractivity contribution >= 4 is 33.1 Å². The molecule has 0 aliphatic rings. The molecule has 4 rings (SSSR count). The summed E-state index contributed by atoms with van der Waals surface area (Å²) in [5.74, 6) is 0.647. The van der Waals surface area contributed by atoms with Crippen LogP contribution in [0, 0.1) is 6.92 Å². The molecule has 0 aliphatic carbocycles. The number of thiophene rings is 1. The minimum Gasteiger partial charge on any atom is -0.338 e. The van der Waals surface area contributed by atoms with Crippen molar-refractivity contribution in [2.75, 3.05) is 13.1 Å². The lowest BCUT2D eigenvalue weighted by molar-refractivity contribution is 0.0777. The predicted octanol–water partition coefficient (Wildman–Crippen LogP) is 3.01. The van der Waals surface area contributed by atoms with Crippen molar-refractivity contribution < 1.29 is 4.79 Å². The molecule has 0 N–H and O–H groups in total. The summed E-state index contributed by atoms with van der Waals surface area (Å²) in [6.07, 6.45) is 5.34. The Balaban J connectivity index is 1.87. The van der Waals surface area contributed by atoms with Gasteiger partial charge in [-0.2, -0.15) is 5.10 Å². The number of carbonyl (C=O) groups excluding carboxylic acids is 1. The summed E-state index contributed by atoms with van der Waals surface area (Å²) in [6.45, 7) is 10.1. The molecule has 0 aliphatic heterocycles. The molecule has 1 amide bonds. The van der Waals surface area contributed by atoms with Crippen LogP contribution in [0.15, 0.2) is 18.7 Å². The monoisotopic (exact) mass is 383 g/mol. The van der Waals surface area contributed by atoms with E-state index in [1.807, 2.05) is 43.5 Å². The van der Waals surface area contributed by atoms with Crippen LogP contribution >= 0.6 is 11.3 Å². The summed E-state index contributed by atoms with van der Waals surface area (Å²) in [5.41, 5.74) is 2.49. The van der Waals surface area contributed by atoms with Crippen molar-refractivity contribution in [2.45, 2.75) is 34.2 Å². The molecule has 0 spiro atoms. The number of nitrogens with zero attached hydrogens (tertiary/aromatic N) is 7. The Bertz CT molecular complexity index is 1140. The Hall–Kier alpha value is -2.81. The first-order chi connectivity index (χ1) is 13.1. The maximum Gasteiger partial charge on any atom is 0.264 e. The van der Waals surface area contributed by atoms with Crippen LogP contribution in [0.3, 0.4) is 0 Å². The van der Waals surface area contributed by atoms with E-state index in [9.17, 15) is 4.79 Å². The average Bonchev–Trinajstić information content (AvgIpc) is 3.38. The third-order valence-electron chi connectivity index (χ3n) is 4.73. The highest BCUT2D eigenvalue weighted by Gasteiger charge is 2.23. The van der Waals surface area contributed by atoms with Crippen molar-refractivity contribution in [1.29, 1.82) is 0 Å². The topological polar surface area (TPSA) is 81.2 Å². The predicted molar refractivity (Wildman–Crippen MR) is 105 cm³/mol. The SMILES string of the molecule is CCN(CC)C(=O)c1sc2ncn3nc(-c4cnn(CC)c4)nc3c2c1C. The Morgan fingerprint density at radius 3 is 2.70 bits per heavy atom. The highest BCUT2D eigenvalue weighted by atomic mass is 32.1. The van der Waals surface area contributed by atoms with E-state index < -0.39 is 0 Å². The summed E-state index contributed by atoms with van der Waals surface area (Å²) in [4.78, 5) is 25.4. The Morgan fingerprint density at radius 2 is 2.04 bits per heavy atom. The van der Waals surface area contributed by atoms with E-state index in [4.69, 9.17) is 4.98 Å². The van der Waals surface area contributed by atoms with Gasteiger partial charge in [0.25, 0.3) is 5.91 Å². The fraction of sp³-hybridized carbons (Fsp3) is 0.389. The van der Waals surface area contributed by atoms with E-state index in [0.717, 1.165) is 32.8 Å². The molecule has 9 heteroatoms. The van der Waals surface area contributed by atoms with Crippen molar-refractivity contribution in [3.63, 3.8) is 0 Å². The van der Waals surface area contributed by atoms with Gasteiger partial charge in [-0.15, -0.1) is 16.4 Å². The van der Waals surface area contributed by atoms with Gasteiger partial charge in [0.2, 0.25) is 0 Å². The Morgan fingerprint density at radius 1 is 1.26 bits per heavy atom. The molecule has 0 unspecified atom stereocenters. The fourth-order valence-electron chi connectivity index (χ4n) is 3.17. The van der Waals surface area contributed by atoms with Crippen molar-refractivity contribution in [2.24, 2.45) is 0 Å². The second-order valence-corrected chi connectivity index (χ2v) is 7.25. The number of rotatable bonds is 5. The molecule has 0 atom stereocenters. The minimum absolute atomic E-state index is 0.0441. The molecule has 4 heterocycles. The van der Waals surface area contributed by atoms with Crippen molar-refractivity contribution in [3.8, 4) is 11.4 Å². The molecule has 0 radical (unpaired) electrons. The highest BCUT2D eigenvalue weighted by molar-refractivity contribution is 7.20. The van der Waals surface area contributed by atoms with Crippen LogP contribution in [0.4, 0.5) is 0 Å². The molecule has 140 valence electrons. The number of aromatic nitrogens is 6. The molecule has 8 nitrogen and oxygen atoms in total. The quantitative estimate of drug-likeness (QED) is 0.529. The van der Waals surface area contributed by atoms with Gasteiger partial charge in [0, 0.05) is 25.8 Å². The van der Waals surface area contributed by atoms with Gasteiger partial charge in [0.15, 0.2) is 11.5 Å². The largest absolute Gasteiger partial charge is 0.338 e. The van der Waals surface area contributed by atoms with Gasteiger partial charge in [-0.3, -0.25) is 9.48 Å². The molecule has 27 heavy (non-hydrogen) atoms. The van der Waals surface area contributed by atoms with Gasteiger partial charge in [-0.25, -0.2) is 14.5 Å². The third-order valence-corrected chi connectivity index (χ3v) is 5.92. The van der Waals surface area contributed by atoms with Crippen molar-refractivity contribution in [1.82, 2.24) is 34.3 Å². The molecule has 0 saturated heterocycles. The Kier molecular flexibility index (Phi) is 4.39. The zero-order valence-corrected chi connectivity index (χ0v) is 16.6. The van der Waals surface area contributed by atoms with Crippen molar-refractivity contribution in [3.05, 3.63) is 29.2 Å². The zero-order valence-electron chi connectivity index (χ0n) is 15.8. The van der Waals surface area contributed by atoms with E-state index in [1.165, 1.54) is 11.3 Å². The molecule has 0 bridgehead atoms. The molecule has 0 fully saturated rings. The highest BCUT2D eigenvalue weighted by Crippen LogP contribution is 2.33. The summed E-state index contributed by atoms with van der Waals surface area (Å²) < 4.78 is 3.51. The molecule has 4 aromatic rings. The van der Waals surface area contributed by atoms with Crippen LogP contribution in [0.2, 0.25) is 0 Å². The van der Waals surface area contributed by atoms with Crippen LogP contribution in [-0.2, 0) is 6.54 Å². The normalized spacial score (nSPS) is 11.6. The smallest absolute Gasteiger partial charge is 0.264 e. The van der Waals surface area contributed by atoms with Crippen LogP contribution in [-0.4, -0.2) is 53.3 Å². The minimum atomic E-state index is 0.0441. The molecule has 0 aromatic carbocycles. The standard InChI is InChI=1S/C18H21N7OS/c1-5-23(6-2)18(26)14-11(4)13-16-21-15(12-8-20-24(7-3)9-12)22-25(16)10-19-17(13)27-14/h8-10H,5-7H2,1-4H3. The molecule has 0 saturated carbocycles. The molecule has 4 aromatic heterocycles. The number of carbonyl (C=O) groups is 1. The number of hydrogen-bond donors (Lipinski definition) is 0. The van der Waals surface area contributed by atoms with E-state index in [1.54, 1.807) is 17.0 Å². The molecular weight excluding hydrogens is 362 g/mol. The van der Waals surface area contributed by atoms with E-state index >= 15 is 0 Å². The number of fused-ring (bicyclic) bond motifs is 3.